The Kier molecular flexibility index (Phi) is 3.79. The van der Waals surface area contributed by atoms with Gasteiger partial charge < -0.3 is 9.47 Å². The Labute approximate surface area is 114 Å². The van der Waals surface area contributed by atoms with E-state index < -0.39 is 0 Å². The first-order valence-electron chi connectivity index (χ1n) is 6.07. The minimum absolute atomic E-state index is 0.773. The van der Waals surface area contributed by atoms with Crippen LogP contribution in [0.2, 0.25) is 5.02 Å². The van der Waals surface area contributed by atoms with Gasteiger partial charge in [-0.25, -0.2) is 0 Å². The largest absolute Gasteiger partial charge is 0.318 e. The van der Waals surface area contributed by atoms with E-state index in [0.717, 1.165) is 11.6 Å². The number of benzene rings is 1. The van der Waals surface area contributed by atoms with Crippen LogP contribution in [0.1, 0.15) is 17.0 Å². The molecule has 0 aliphatic rings. The molecule has 3 heteroatoms. The first-order chi connectivity index (χ1) is 8.49. The zero-order chi connectivity index (χ0) is 13.3. The molecule has 2 rings (SSSR count). The monoisotopic (exact) mass is 262 g/mol. The summed E-state index contributed by atoms with van der Waals surface area (Å²) < 4.78 is 2.27. The van der Waals surface area contributed by atoms with Gasteiger partial charge in [-0.05, 0) is 63.8 Å². The highest BCUT2D eigenvalue weighted by molar-refractivity contribution is 6.30. The molecule has 0 unspecified atom stereocenters. The molecule has 96 valence electrons. The van der Waals surface area contributed by atoms with Gasteiger partial charge in [0.2, 0.25) is 0 Å². The molecule has 2 nitrogen and oxygen atoms in total. The van der Waals surface area contributed by atoms with Crippen molar-refractivity contribution < 1.29 is 0 Å². The van der Waals surface area contributed by atoms with E-state index in [1.807, 2.05) is 12.1 Å². The Morgan fingerprint density at radius 3 is 2.28 bits per heavy atom. The Morgan fingerprint density at radius 2 is 1.72 bits per heavy atom. The predicted octanol–water partition coefficient (Wildman–Crippen LogP) is 3.81. The van der Waals surface area contributed by atoms with Gasteiger partial charge in [-0.1, -0.05) is 11.6 Å². The Hall–Kier alpha value is -1.25. The topological polar surface area (TPSA) is 8.17 Å². The minimum atomic E-state index is 0.773. The summed E-state index contributed by atoms with van der Waals surface area (Å²) in [7, 11) is 4.18. The highest BCUT2D eigenvalue weighted by Gasteiger charge is 2.10. The summed E-state index contributed by atoms with van der Waals surface area (Å²) in [4.78, 5) is 2.19. The van der Waals surface area contributed by atoms with E-state index in [1.165, 1.54) is 22.6 Å². The molecule has 0 radical (unpaired) electrons. The van der Waals surface area contributed by atoms with Crippen LogP contribution in [0.5, 0.6) is 0 Å². The number of hydrogen-bond donors (Lipinski definition) is 0. The molecule has 0 amide bonds. The van der Waals surface area contributed by atoms with Crippen molar-refractivity contribution >= 4 is 11.6 Å². The Bertz CT molecular complexity index is 538. The number of nitrogens with zero attached hydrogens (tertiary/aromatic N) is 2. The molecule has 0 atom stereocenters. The average Bonchev–Trinajstić information content (AvgIpc) is 2.55. The van der Waals surface area contributed by atoms with Gasteiger partial charge in [-0.15, -0.1) is 0 Å². The Balaban J connectivity index is 2.45. The molecule has 0 aliphatic heterocycles. The van der Waals surface area contributed by atoms with Gasteiger partial charge in [0.25, 0.3) is 0 Å². The van der Waals surface area contributed by atoms with Gasteiger partial charge in [0.1, 0.15) is 0 Å². The maximum atomic E-state index is 5.94. The van der Waals surface area contributed by atoms with Crippen molar-refractivity contribution in [3.8, 4) is 5.69 Å². The quantitative estimate of drug-likeness (QED) is 0.817. The van der Waals surface area contributed by atoms with Crippen molar-refractivity contribution in [1.29, 1.82) is 0 Å². The molecule has 1 heterocycles. The molecule has 2 aromatic rings. The standard InChI is InChI=1S/C15H19ClN2/c1-11-9-13(10-17(3)4)12(2)18(11)15-7-5-14(16)6-8-15/h5-9H,10H2,1-4H3. The van der Waals surface area contributed by atoms with Gasteiger partial charge in [0.05, 0.1) is 0 Å². The molecular formula is C15H19ClN2. The van der Waals surface area contributed by atoms with E-state index in [4.69, 9.17) is 11.6 Å². The lowest BCUT2D eigenvalue weighted by molar-refractivity contribution is 0.401. The summed E-state index contributed by atoms with van der Waals surface area (Å²) >= 11 is 5.94. The summed E-state index contributed by atoms with van der Waals surface area (Å²) in [6.45, 7) is 5.27. The van der Waals surface area contributed by atoms with Crippen LogP contribution in [-0.4, -0.2) is 23.6 Å². The zero-order valence-electron chi connectivity index (χ0n) is 11.4. The first kappa shape index (κ1) is 13.2. The van der Waals surface area contributed by atoms with E-state index in [1.54, 1.807) is 0 Å². The first-order valence-corrected chi connectivity index (χ1v) is 6.45. The summed E-state index contributed by atoms with van der Waals surface area (Å²) in [6.07, 6.45) is 0. The molecule has 0 fully saturated rings. The van der Waals surface area contributed by atoms with Crippen LogP contribution in [0.15, 0.2) is 30.3 Å². The van der Waals surface area contributed by atoms with Gasteiger partial charge in [-0.3, -0.25) is 0 Å². The number of aromatic nitrogens is 1. The third-order valence-electron chi connectivity index (χ3n) is 3.11. The van der Waals surface area contributed by atoms with Gasteiger partial charge in [-0.2, -0.15) is 0 Å². The van der Waals surface area contributed by atoms with Crippen LogP contribution in [0.4, 0.5) is 0 Å². The maximum absolute atomic E-state index is 5.94. The fourth-order valence-electron chi connectivity index (χ4n) is 2.32. The lowest BCUT2D eigenvalue weighted by Crippen LogP contribution is -2.11. The summed E-state index contributed by atoms with van der Waals surface area (Å²) in [6, 6.07) is 10.2. The number of rotatable bonds is 3. The second kappa shape index (κ2) is 5.17. The summed E-state index contributed by atoms with van der Waals surface area (Å²) in [5, 5.41) is 0.773. The minimum Gasteiger partial charge on any atom is -0.318 e. The summed E-state index contributed by atoms with van der Waals surface area (Å²) in [5.74, 6) is 0. The van der Waals surface area contributed by atoms with Crippen molar-refractivity contribution in [3.63, 3.8) is 0 Å². The molecule has 0 saturated heterocycles. The predicted molar refractivity (Wildman–Crippen MR) is 77.6 cm³/mol. The number of aryl methyl sites for hydroxylation is 1. The van der Waals surface area contributed by atoms with Crippen LogP contribution in [0, 0.1) is 13.8 Å². The third kappa shape index (κ3) is 2.60. The molecule has 0 aliphatic carbocycles. The smallest absolute Gasteiger partial charge is 0.0456 e. The van der Waals surface area contributed by atoms with E-state index >= 15 is 0 Å². The molecule has 1 aromatic carbocycles. The fraction of sp³-hybridized carbons (Fsp3) is 0.333. The van der Waals surface area contributed by atoms with Gasteiger partial charge >= 0.3 is 0 Å². The fourth-order valence-corrected chi connectivity index (χ4v) is 2.44. The Morgan fingerprint density at radius 1 is 1.11 bits per heavy atom. The summed E-state index contributed by atoms with van der Waals surface area (Å²) in [5.41, 5.74) is 5.09. The number of halogens is 1. The van der Waals surface area contributed by atoms with Crippen molar-refractivity contribution in [2.45, 2.75) is 20.4 Å². The second-order valence-electron chi connectivity index (χ2n) is 4.95. The molecular weight excluding hydrogens is 244 g/mol. The number of hydrogen-bond acceptors (Lipinski definition) is 1. The van der Waals surface area contributed by atoms with Crippen LogP contribution in [0.25, 0.3) is 5.69 Å². The molecule has 1 aromatic heterocycles. The van der Waals surface area contributed by atoms with Crippen molar-refractivity contribution in [3.05, 3.63) is 52.3 Å². The lowest BCUT2D eigenvalue weighted by atomic mass is 10.2. The van der Waals surface area contributed by atoms with Gasteiger partial charge in [0.15, 0.2) is 0 Å². The van der Waals surface area contributed by atoms with Gasteiger partial charge in [0, 0.05) is 28.6 Å². The average molecular weight is 263 g/mol. The highest BCUT2D eigenvalue weighted by Crippen LogP contribution is 2.22. The van der Waals surface area contributed by atoms with Crippen molar-refractivity contribution in [1.82, 2.24) is 9.47 Å². The second-order valence-corrected chi connectivity index (χ2v) is 5.38. The van der Waals surface area contributed by atoms with E-state index in [9.17, 15) is 0 Å². The van der Waals surface area contributed by atoms with E-state index in [2.05, 4.69) is 55.6 Å². The molecule has 0 spiro atoms. The van der Waals surface area contributed by atoms with E-state index in [-0.39, 0.29) is 0 Å². The third-order valence-corrected chi connectivity index (χ3v) is 3.36. The molecule has 0 saturated carbocycles. The SMILES string of the molecule is Cc1cc(CN(C)C)c(C)n1-c1ccc(Cl)cc1. The van der Waals surface area contributed by atoms with Crippen LogP contribution < -0.4 is 0 Å². The van der Waals surface area contributed by atoms with Crippen LogP contribution in [0.3, 0.4) is 0 Å². The van der Waals surface area contributed by atoms with Crippen molar-refractivity contribution in [2.75, 3.05) is 14.1 Å². The molecule has 18 heavy (non-hydrogen) atoms. The van der Waals surface area contributed by atoms with E-state index in [0.29, 0.717) is 0 Å². The van der Waals surface area contributed by atoms with Crippen LogP contribution in [-0.2, 0) is 6.54 Å². The zero-order valence-corrected chi connectivity index (χ0v) is 12.1. The normalized spacial score (nSPS) is 11.2. The lowest BCUT2D eigenvalue weighted by Gasteiger charge is -2.12. The molecule has 0 N–H and O–H groups in total. The van der Waals surface area contributed by atoms with Crippen molar-refractivity contribution in [2.24, 2.45) is 0 Å². The highest BCUT2D eigenvalue weighted by atomic mass is 35.5. The van der Waals surface area contributed by atoms with Crippen LogP contribution >= 0.6 is 11.6 Å². The molecule has 0 bridgehead atoms. The maximum Gasteiger partial charge on any atom is 0.0456 e.